The highest BCUT2D eigenvalue weighted by Crippen LogP contribution is 2.36. The van der Waals surface area contributed by atoms with Crippen molar-refractivity contribution in [3.8, 4) is 11.1 Å². The number of rotatable bonds is 3. The van der Waals surface area contributed by atoms with Gasteiger partial charge in [0, 0.05) is 30.4 Å². The SMILES string of the molecule is CC1(C)CN(Cc2cc(F)ccc2F)c2cc(-c3cc[c]cc3)cnc2N1. The second kappa shape index (κ2) is 6.65. The van der Waals surface area contributed by atoms with Crippen LogP contribution >= 0.6 is 0 Å². The van der Waals surface area contributed by atoms with Gasteiger partial charge in [0.1, 0.15) is 17.5 Å². The van der Waals surface area contributed by atoms with E-state index in [-0.39, 0.29) is 12.1 Å². The minimum Gasteiger partial charge on any atom is -0.362 e. The van der Waals surface area contributed by atoms with E-state index < -0.39 is 11.6 Å². The van der Waals surface area contributed by atoms with Crippen LogP contribution in [0.5, 0.6) is 0 Å². The van der Waals surface area contributed by atoms with E-state index >= 15 is 0 Å². The number of fused-ring (bicyclic) bond motifs is 1. The van der Waals surface area contributed by atoms with Crippen molar-refractivity contribution in [2.75, 3.05) is 16.8 Å². The van der Waals surface area contributed by atoms with Crippen LogP contribution in [0.15, 0.2) is 54.7 Å². The Morgan fingerprint density at radius 2 is 1.89 bits per heavy atom. The molecule has 0 atom stereocenters. The number of pyridine rings is 1. The van der Waals surface area contributed by atoms with E-state index in [1.807, 2.05) is 36.5 Å². The van der Waals surface area contributed by atoms with Crippen molar-refractivity contribution in [2.24, 2.45) is 0 Å². The molecule has 27 heavy (non-hydrogen) atoms. The van der Waals surface area contributed by atoms with Crippen molar-refractivity contribution in [1.29, 1.82) is 0 Å². The lowest BCUT2D eigenvalue weighted by molar-refractivity contribution is 0.517. The van der Waals surface area contributed by atoms with E-state index in [4.69, 9.17) is 0 Å². The number of nitrogens with one attached hydrogen (secondary N) is 1. The molecule has 0 unspecified atom stereocenters. The molecule has 1 radical (unpaired) electrons. The monoisotopic (exact) mass is 364 g/mol. The van der Waals surface area contributed by atoms with Crippen LogP contribution in [0.2, 0.25) is 0 Å². The van der Waals surface area contributed by atoms with Crippen LogP contribution in [0.1, 0.15) is 19.4 Å². The number of anilines is 2. The summed E-state index contributed by atoms with van der Waals surface area (Å²) in [6.45, 7) is 5.04. The van der Waals surface area contributed by atoms with Crippen molar-refractivity contribution in [3.63, 3.8) is 0 Å². The van der Waals surface area contributed by atoms with Crippen LogP contribution < -0.4 is 10.2 Å². The zero-order chi connectivity index (χ0) is 19.0. The van der Waals surface area contributed by atoms with Gasteiger partial charge in [-0.3, -0.25) is 0 Å². The summed E-state index contributed by atoms with van der Waals surface area (Å²) in [4.78, 5) is 6.64. The van der Waals surface area contributed by atoms with E-state index in [1.165, 1.54) is 12.1 Å². The fourth-order valence-corrected chi connectivity index (χ4v) is 3.46. The Hall–Kier alpha value is -2.95. The minimum absolute atomic E-state index is 0.243. The highest BCUT2D eigenvalue weighted by Gasteiger charge is 2.31. The zero-order valence-electron chi connectivity index (χ0n) is 15.3. The highest BCUT2D eigenvalue weighted by molar-refractivity contribution is 5.77. The van der Waals surface area contributed by atoms with Gasteiger partial charge in [-0.2, -0.15) is 0 Å². The summed E-state index contributed by atoms with van der Waals surface area (Å²) in [5.74, 6) is -0.0975. The molecule has 2 aromatic carbocycles. The van der Waals surface area contributed by atoms with Crippen LogP contribution in [0.4, 0.5) is 20.3 Å². The van der Waals surface area contributed by atoms with Gasteiger partial charge in [-0.25, -0.2) is 13.8 Å². The van der Waals surface area contributed by atoms with E-state index in [1.54, 1.807) is 0 Å². The molecule has 4 rings (SSSR count). The normalized spacial score (nSPS) is 15.2. The molecule has 1 aliphatic rings. The van der Waals surface area contributed by atoms with Crippen LogP contribution in [0.3, 0.4) is 0 Å². The first-order valence-electron chi connectivity index (χ1n) is 8.85. The average Bonchev–Trinajstić information content (AvgIpc) is 2.64. The Kier molecular flexibility index (Phi) is 4.30. The third kappa shape index (κ3) is 3.63. The molecule has 0 aliphatic carbocycles. The zero-order valence-corrected chi connectivity index (χ0v) is 15.3. The van der Waals surface area contributed by atoms with Gasteiger partial charge in [0.25, 0.3) is 0 Å². The van der Waals surface area contributed by atoms with Crippen molar-refractivity contribution >= 4 is 11.5 Å². The van der Waals surface area contributed by atoms with Gasteiger partial charge in [-0.15, -0.1) is 0 Å². The summed E-state index contributed by atoms with van der Waals surface area (Å²) >= 11 is 0. The van der Waals surface area contributed by atoms with Crippen molar-refractivity contribution in [2.45, 2.75) is 25.9 Å². The van der Waals surface area contributed by atoms with Gasteiger partial charge in [0.2, 0.25) is 0 Å². The lowest BCUT2D eigenvalue weighted by atomic mass is 9.99. The molecule has 0 bridgehead atoms. The van der Waals surface area contributed by atoms with Crippen LogP contribution in [-0.4, -0.2) is 17.1 Å². The summed E-state index contributed by atoms with van der Waals surface area (Å²) in [7, 11) is 0. The molecule has 3 nitrogen and oxygen atoms in total. The maximum Gasteiger partial charge on any atom is 0.150 e. The number of benzene rings is 2. The van der Waals surface area contributed by atoms with Gasteiger partial charge >= 0.3 is 0 Å². The minimum atomic E-state index is -0.437. The second-order valence-electron chi connectivity index (χ2n) is 7.48. The topological polar surface area (TPSA) is 28.2 Å². The first-order valence-corrected chi connectivity index (χ1v) is 8.85. The summed E-state index contributed by atoms with van der Waals surface area (Å²) in [5.41, 5.74) is 2.97. The maximum atomic E-state index is 14.2. The van der Waals surface area contributed by atoms with Gasteiger partial charge in [-0.1, -0.05) is 24.3 Å². The maximum absolute atomic E-state index is 14.2. The third-order valence-corrected chi connectivity index (χ3v) is 4.67. The smallest absolute Gasteiger partial charge is 0.150 e. The Morgan fingerprint density at radius 1 is 1.11 bits per heavy atom. The fraction of sp³-hybridized carbons (Fsp3) is 0.227. The Bertz CT molecular complexity index is 971. The molecule has 1 aromatic heterocycles. The molecule has 1 aliphatic heterocycles. The number of aromatic nitrogens is 1. The molecule has 1 N–H and O–H groups in total. The third-order valence-electron chi connectivity index (χ3n) is 4.67. The van der Waals surface area contributed by atoms with Gasteiger partial charge in [0.15, 0.2) is 0 Å². The first kappa shape index (κ1) is 17.5. The molecule has 0 fully saturated rings. The highest BCUT2D eigenvalue weighted by atomic mass is 19.1. The Balaban J connectivity index is 1.75. The molecule has 0 saturated heterocycles. The van der Waals surface area contributed by atoms with Crippen LogP contribution in [0, 0.1) is 17.7 Å². The largest absolute Gasteiger partial charge is 0.362 e. The van der Waals surface area contributed by atoms with E-state index in [9.17, 15) is 8.78 Å². The number of hydrogen-bond acceptors (Lipinski definition) is 3. The quantitative estimate of drug-likeness (QED) is 0.706. The molecule has 2 heterocycles. The van der Waals surface area contributed by atoms with Gasteiger partial charge in [0.05, 0.1) is 11.2 Å². The summed E-state index contributed by atoms with van der Waals surface area (Å²) in [6, 6.07) is 16.3. The Labute approximate surface area is 157 Å². The molecular formula is C22H20F2N3. The van der Waals surface area contributed by atoms with E-state index in [0.29, 0.717) is 12.1 Å². The van der Waals surface area contributed by atoms with Crippen LogP contribution in [0.25, 0.3) is 11.1 Å². The number of nitrogens with zero attached hydrogens (tertiary/aromatic N) is 2. The van der Waals surface area contributed by atoms with E-state index in [0.717, 1.165) is 28.7 Å². The van der Waals surface area contributed by atoms with E-state index in [2.05, 4.69) is 35.1 Å². The fourth-order valence-electron chi connectivity index (χ4n) is 3.46. The lowest BCUT2D eigenvalue weighted by Gasteiger charge is -2.41. The standard InChI is InChI=1S/C22H20F2N3/c1-22(2)14-27(13-17-10-18(23)8-9-19(17)24)20-11-16(12-25-21(20)26-22)15-6-4-3-5-7-15/h4-12H,13-14H2,1-2H3,(H,25,26). The molecule has 0 spiro atoms. The molecular weight excluding hydrogens is 344 g/mol. The molecule has 0 saturated carbocycles. The molecule has 0 amide bonds. The van der Waals surface area contributed by atoms with Crippen LogP contribution in [-0.2, 0) is 6.54 Å². The summed E-state index contributed by atoms with van der Waals surface area (Å²) < 4.78 is 27.8. The summed E-state index contributed by atoms with van der Waals surface area (Å²) in [5, 5.41) is 3.43. The van der Waals surface area contributed by atoms with Crippen molar-refractivity contribution < 1.29 is 8.78 Å². The number of hydrogen-bond donors (Lipinski definition) is 1. The summed E-state index contributed by atoms with van der Waals surface area (Å²) in [6.07, 6.45) is 1.82. The number of halogens is 2. The second-order valence-corrected chi connectivity index (χ2v) is 7.48. The van der Waals surface area contributed by atoms with Gasteiger partial charge in [-0.05, 0) is 49.7 Å². The van der Waals surface area contributed by atoms with Crippen molar-refractivity contribution in [3.05, 3.63) is 78.0 Å². The first-order chi connectivity index (χ1) is 12.9. The van der Waals surface area contributed by atoms with Crippen molar-refractivity contribution in [1.82, 2.24) is 4.98 Å². The average molecular weight is 364 g/mol. The molecule has 137 valence electrons. The predicted molar refractivity (Wildman–Crippen MR) is 104 cm³/mol. The predicted octanol–water partition coefficient (Wildman–Crippen LogP) is 5.04. The Morgan fingerprint density at radius 3 is 2.67 bits per heavy atom. The lowest BCUT2D eigenvalue weighted by Crippen LogP contribution is -2.48. The molecule has 5 heteroatoms. The molecule has 3 aromatic rings. The van der Waals surface area contributed by atoms with Gasteiger partial charge < -0.3 is 10.2 Å².